The van der Waals surface area contributed by atoms with Crippen molar-refractivity contribution in [3.05, 3.63) is 0 Å². The van der Waals surface area contributed by atoms with E-state index >= 15 is 0 Å². The van der Waals surface area contributed by atoms with Gasteiger partial charge in [0.2, 0.25) is 5.24 Å². The molecule has 0 N–H and O–H groups in total. The van der Waals surface area contributed by atoms with Gasteiger partial charge in [-0.05, 0) is 24.9 Å². The molecule has 1 atom stereocenters. The van der Waals surface area contributed by atoms with Gasteiger partial charge in [0.05, 0.1) is 5.38 Å². The normalized spacial score (nSPS) is 12.7. The Morgan fingerprint density at radius 3 is 2.30 bits per heavy atom. The molecule has 0 bridgehead atoms. The van der Waals surface area contributed by atoms with Crippen LogP contribution in [0.5, 0.6) is 0 Å². The van der Waals surface area contributed by atoms with Gasteiger partial charge >= 0.3 is 0 Å². The first-order valence-corrected chi connectivity index (χ1v) is 3.68. The summed E-state index contributed by atoms with van der Waals surface area (Å²) in [6, 6.07) is 0. The smallest absolute Gasteiger partial charge is 0.221 e. The van der Waals surface area contributed by atoms with Gasteiger partial charge in [0.25, 0.3) is 0 Å². The van der Waals surface area contributed by atoms with E-state index in [2.05, 4.69) is 0 Å². The van der Waals surface area contributed by atoms with Crippen molar-refractivity contribution in [2.45, 2.75) is 25.1 Å². The minimum atomic E-state index is -0.567. The first-order chi connectivity index (χ1) is 4.54. The predicted molar refractivity (Wildman–Crippen MR) is 40.4 cm³/mol. The van der Waals surface area contributed by atoms with Crippen molar-refractivity contribution in [3.63, 3.8) is 0 Å². The maximum atomic E-state index is 10.5. The number of halogens is 2. The second-order valence-corrected chi connectivity index (χ2v) is 2.92. The maximum Gasteiger partial charge on any atom is 0.221 e. The van der Waals surface area contributed by atoms with Crippen LogP contribution in [0, 0.1) is 0 Å². The molecule has 0 fully saturated rings. The molecular weight excluding hydrogens is 175 g/mol. The molecule has 0 saturated carbocycles. The highest BCUT2D eigenvalue weighted by Gasteiger charge is 2.10. The lowest BCUT2D eigenvalue weighted by atomic mass is 10.2. The molecule has 0 aromatic heterocycles. The minimum Gasteiger partial charge on any atom is -0.298 e. The van der Waals surface area contributed by atoms with Crippen LogP contribution in [0.15, 0.2) is 0 Å². The standard InChI is InChI=1S/C6H8Cl2O2/c1-4(9)5(7)2-3-6(8)10/h5H,2-3H2,1H3. The highest BCUT2D eigenvalue weighted by molar-refractivity contribution is 6.63. The maximum absolute atomic E-state index is 10.5. The summed E-state index contributed by atoms with van der Waals surface area (Å²) < 4.78 is 0. The fourth-order valence-electron chi connectivity index (χ4n) is 0.443. The molecule has 1 unspecified atom stereocenters. The zero-order valence-electron chi connectivity index (χ0n) is 5.56. The molecule has 0 aromatic rings. The summed E-state index contributed by atoms with van der Waals surface area (Å²) in [5.41, 5.74) is 0. The topological polar surface area (TPSA) is 34.1 Å². The summed E-state index contributed by atoms with van der Waals surface area (Å²) in [5.74, 6) is -0.125. The average molecular weight is 183 g/mol. The first-order valence-electron chi connectivity index (χ1n) is 2.87. The van der Waals surface area contributed by atoms with Crippen LogP contribution in [-0.4, -0.2) is 16.4 Å². The van der Waals surface area contributed by atoms with Gasteiger partial charge in [-0.1, -0.05) is 0 Å². The van der Waals surface area contributed by atoms with Crippen LogP contribution in [0.25, 0.3) is 0 Å². The van der Waals surface area contributed by atoms with Gasteiger partial charge in [0, 0.05) is 6.42 Å². The summed E-state index contributed by atoms with van der Waals surface area (Å²) in [4.78, 5) is 20.6. The van der Waals surface area contributed by atoms with Gasteiger partial charge in [0.1, 0.15) is 5.78 Å². The lowest BCUT2D eigenvalue weighted by Gasteiger charge is -2.00. The van der Waals surface area contributed by atoms with Crippen LogP contribution >= 0.6 is 23.2 Å². The number of ketones is 1. The van der Waals surface area contributed by atoms with Gasteiger partial charge in [-0.15, -0.1) is 11.6 Å². The molecule has 0 aliphatic heterocycles. The second kappa shape index (κ2) is 4.69. The van der Waals surface area contributed by atoms with E-state index in [1.165, 1.54) is 6.92 Å². The van der Waals surface area contributed by atoms with Crippen LogP contribution in [0.2, 0.25) is 0 Å². The fourth-order valence-corrected chi connectivity index (χ4v) is 0.662. The van der Waals surface area contributed by atoms with E-state index in [9.17, 15) is 9.59 Å². The summed E-state index contributed by atoms with van der Waals surface area (Å²) in [5, 5.41) is -1.02. The summed E-state index contributed by atoms with van der Waals surface area (Å²) in [7, 11) is 0. The van der Waals surface area contributed by atoms with E-state index in [4.69, 9.17) is 23.2 Å². The van der Waals surface area contributed by atoms with Crippen LogP contribution in [0.1, 0.15) is 19.8 Å². The molecule has 58 valence electrons. The Kier molecular flexibility index (Phi) is 4.65. The molecule has 0 heterocycles. The summed E-state index contributed by atoms with van der Waals surface area (Å²) in [6.07, 6.45) is 0.495. The number of Topliss-reactive ketones (excluding diaryl/α,β-unsaturated/α-hetero) is 1. The Hall–Kier alpha value is -0.0800. The van der Waals surface area contributed by atoms with Crippen molar-refractivity contribution in [2.75, 3.05) is 0 Å². The number of carbonyl (C=O) groups excluding carboxylic acids is 2. The zero-order valence-corrected chi connectivity index (χ0v) is 7.08. The Labute approximate surface area is 69.5 Å². The Morgan fingerprint density at radius 2 is 2.00 bits per heavy atom. The number of carbonyl (C=O) groups is 2. The Bertz CT molecular complexity index is 145. The summed E-state index contributed by atoms with van der Waals surface area (Å²) in [6.45, 7) is 1.39. The largest absolute Gasteiger partial charge is 0.298 e. The van der Waals surface area contributed by atoms with Crippen LogP contribution in [0.4, 0.5) is 0 Å². The molecular formula is C6H8Cl2O2. The van der Waals surface area contributed by atoms with E-state index in [1.807, 2.05) is 0 Å². The van der Waals surface area contributed by atoms with Gasteiger partial charge < -0.3 is 0 Å². The third kappa shape index (κ3) is 4.77. The number of rotatable bonds is 4. The molecule has 0 aliphatic carbocycles. The zero-order chi connectivity index (χ0) is 8.15. The highest BCUT2D eigenvalue weighted by atomic mass is 35.5. The van der Waals surface area contributed by atoms with E-state index in [-0.39, 0.29) is 12.2 Å². The van der Waals surface area contributed by atoms with E-state index in [1.54, 1.807) is 0 Å². The van der Waals surface area contributed by atoms with Gasteiger partial charge in [-0.25, -0.2) is 0 Å². The van der Waals surface area contributed by atoms with Crippen molar-refractivity contribution in [2.24, 2.45) is 0 Å². The van der Waals surface area contributed by atoms with E-state index < -0.39 is 10.6 Å². The van der Waals surface area contributed by atoms with Gasteiger partial charge in [-0.3, -0.25) is 9.59 Å². The lowest BCUT2D eigenvalue weighted by Crippen LogP contribution is -2.10. The molecule has 10 heavy (non-hydrogen) atoms. The molecule has 0 amide bonds. The fraction of sp³-hybridized carbons (Fsp3) is 0.667. The van der Waals surface area contributed by atoms with E-state index in [0.29, 0.717) is 6.42 Å². The van der Waals surface area contributed by atoms with E-state index in [0.717, 1.165) is 0 Å². The minimum absolute atomic E-state index is 0.125. The van der Waals surface area contributed by atoms with Crippen LogP contribution in [0.3, 0.4) is 0 Å². The number of alkyl halides is 1. The third-order valence-electron chi connectivity index (χ3n) is 1.04. The third-order valence-corrected chi connectivity index (χ3v) is 1.75. The van der Waals surface area contributed by atoms with Crippen molar-refractivity contribution in [1.82, 2.24) is 0 Å². The molecule has 0 rings (SSSR count). The molecule has 0 aromatic carbocycles. The molecule has 2 nitrogen and oxygen atoms in total. The number of hydrogen-bond acceptors (Lipinski definition) is 2. The lowest BCUT2D eigenvalue weighted by molar-refractivity contribution is -0.116. The average Bonchev–Trinajstić information content (AvgIpc) is 1.82. The van der Waals surface area contributed by atoms with Gasteiger partial charge in [0.15, 0.2) is 0 Å². The molecule has 4 heteroatoms. The monoisotopic (exact) mass is 182 g/mol. The van der Waals surface area contributed by atoms with Crippen molar-refractivity contribution in [1.29, 1.82) is 0 Å². The van der Waals surface area contributed by atoms with Crippen LogP contribution in [-0.2, 0) is 9.59 Å². The second-order valence-electron chi connectivity index (χ2n) is 1.97. The molecule has 0 radical (unpaired) electrons. The Morgan fingerprint density at radius 1 is 1.50 bits per heavy atom. The first kappa shape index (κ1) is 9.92. The Balaban J connectivity index is 3.49. The number of hydrogen-bond donors (Lipinski definition) is 0. The molecule has 0 spiro atoms. The quantitative estimate of drug-likeness (QED) is 0.491. The highest BCUT2D eigenvalue weighted by Crippen LogP contribution is 2.07. The predicted octanol–water partition coefficient (Wildman–Crippen LogP) is 1.73. The summed E-state index contributed by atoms with van der Waals surface area (Å²) >= 11 is 10.5. The van der Waals surface area contributed by atoms with Crippen molar-refractivity contribution >= 4 is 34.2 Å². The van der Waals surface area contributed by atoms with Crippen molar-refractivity contribution < 1.29 is 9.59 Å². The van der Waals surface area contributed by atoms with Crippen LogP contribution < -0.4 is 0 Å². The SMILES string of the molecule is CC(=O)C(Cl)CCC(=O)Cl. The van der Waals surface area contributed by atoms with Crippen molar-refractivity contribution in [3.8, 4) is 0 Å². The van der Waals surface area contributed by atoms with Gasteiger partial charge in [-0.2, -0.15) is 0 Å². The molecule has 0 saturated heterocycles. The molecule has 0 aliphatic rings.